The monoisotopic (exact) mass is 436 g/mol. The largest absolute Gasteiger partial charge is 0.348 e. The van der Waals surface area contributed by atoms with Gasteiger partial charge in [0.05, 0.1) is 5.69 Å². The minimum atomic E-state index is 0.369. The van der Waals surface area contributed by atoms with Gasteiger partial charge in [0.25, 0.3) is 0 Å². The first-order valence-electron chi connectivity index (χ1n) is 11.8. The number of aromatic nitrogens is 1. The van der Waals surface area contributed by atoms with E-state index in [0.717, 1.165) is 36.4 Å². The maximum atomic E-state index is 6.10. The summed E-state index contributed by atoms with van der Waals surface area (Å²) in [5.74, 6) is 1.90. The maximum Gasteiger partial charge on any atom is 0.185 e. The van der Waals surface area contributed by atoms with E-state index in [2.05, 4.69) is 50.1 Å². The van der Waals surface area contributed by atoms with E-state index >= 15 is 0 Å². The second-order valence-corrected chi connectivity index (χ2v) is 9.86. The van der Waals surface area contributed by atoms with Crippen LogP contribution < -0.4 is 4.90 Å². The molecule has 1 aromatic heterocycles. The van der Waals surface area contributed by atoms with E-state index in [-0.39, 0.29) is 0 Å². The van der Waals surface area contributed by atoms with Crippen LogP contribution in [0.5, 0.6) is 0 Å². The first-order valence-corrected chi connectivity index (χ1v) is 13.1. The Hall–Kier alpha value is -0.800. The molecule has 0 saturated heterocycles. The molecular weight excluding hydrogens is 396 g/mol. The van der Waals surface area contributed by atoms with E-state index in [4.69, 9.17) is 16.6 Å². The molecule has 4 heteroatoms. The smallest absolute Gasteiger partial charge is 0.185 e. The zero-order chi connectivity index (χ0) is 21.1. The standard InChI is InChI=1S/C25H41ClN2S/c1-5-9-11-20(7-3)17-28(18-21(8-4)12-10-6-2)25-27-24(19-29-25)22-13-15-23(26)16-14-22/h13,15-16,19-22H,5-12,14,17-18H2,1-4H3/t20?,21?,22-/m0/s1. The third-order valence-corrected chi connectivity index (χ3v) is 7.46. The number of anilines is 1. The molecule has 0 spiro atoms. The highest BCUT2D eigenvalue weighted by Gasteiger charge is 2.21. The molecule has 29 heavy (non-hydrogen) atoms. The molecule has 0 radical (unpaired) electrons. The maximum absolute atomic E-state index is 6.10. The van der Waals surface area contributed by atoms with Crippen molar-refractivity contribution in [3.8, 4) is 0 Å². The van der Waals surface area contributed by atoms with Crippen LogP contribution in [0.2, 0.25) is 0 Å². The van der Waals surface area contributed by atoms with Crippen LogP contribution in [0.4, 0.5) is 5.13 Å². The van der Waals surface area contributed by atoms with Crippen molar-refractivity contribution in [1.82, 2.24) is 4.98 Å². The van der Waals surface area contributed by atoms with Crippen LogP contribution in [0.15, 0.2) is 28.6 Å². The van der Waals surface area contributed by atoms with Crippen molar-refractivity contribution < 1.29 is 0 Å². The highest BCUT2D eigenvalue weighted by atomic mass is 35.5. The molecule has 1 aliphatic rings. The highest BCUT2D eigenvalue weighted by Crippen LogP contribution is 2.33. The van der Waals surface area contributed by atoms with Crippen LogP contribution >= 0.6 is 22.9 Å². The normalized spacial score (nSPS) is 18.5. The number of hydrogen-bond donors (Lipinski definition) is 0. The van der Waals surface area contributed by atoms with Gasteiger partial charge in [-0.25, -0.2) is 4.98 Å². The molecule has 3 atom stereocenters. The molecule has 2 rings (SSSR count). The summed E-state index contributed by atoms with van der Waals surface area (Å²) in [6.07, 6.45) is 17.7. The van der Waals surface area contributed by atoms with Gasteiger partial charge < -0.3 is 4.90 Å². The third kappa shape index (κ3) is 8.09. The van der Waals surface area contributed by atoms with Gasteiger partial charge in [-0.1, -0.05) is 90.0 Å². The number of hydrogen-bond acceptors (Lipinski definition) is 3. The van der Waals surface area contributed by atoms with E-state index in [1.807, 2.05) is 17.4 Å². The summed E-state index contributed by atoms with van der Waals surface area (Å²) in [5, 5.41) is 4.34. The van der Waals surface area contributed by atoms with Crippen molar-refractivity contribution in [2.45, 2.75) is 91.4 Å². The average Bonchev–Trinajstić information content (AvgIpc) is 3.23. The highest BCUT2D eigenvalue weighted by molar-refractivity contribution is 7.13. The van der Waals surface area contributed by atoms with Gasteiger partial charge in [-0.15, -0.1) is 11.3 Å². The first kappa shape index (κ1) is 24.5. The summed E-state index contributed by atoms with van der Waals surface area (Å²) in [6, 6.07) is 0. The minimum absolute atomic E-state index is 0.369. The van der Waals surface area contributed by atoms with Crippen LogP contribution in [0.3, 0.4) is 0 Å². The predicted octanol–water partition coefficient (Wildman–Crippen LogP) is 8.55. The Morgan fingerprint density at radius 3 is 2.17 bits per heavy atom. The molecule has 0 bridgehead atoms. The summed E-state index contributed by atoms with van der Waals surface area (Å²) in [5.41, 5.74) is 1.20. The Morgan fingerprint density at radius 2 is 1.69 bits per heavy atom. The van der Waals surface area contributed by atoms with Crippen LogP contribution in [0, 0.1) is 11.8 Å². The second kappa shape index (κ2) is 13.5. The zero-order valence-corrected chi connectivity index (χ0v) is 20.6. The molecule has 1 heterocycles. The summed E-state index contributed by atoms with van der Waals surface area (Å²) < 4.78 is 0. The van der Waals surface area contributed by atoms with Gasteiger partial charge in [-0.05, 0) is 37.2 Å². The van der Waals surface area contributed by atoms with Gasteiger partial charge in [-0.2, -0.15) is 0 Å². The molecule has 0 fully saturated rings. The molecule has 164 valence electrons. The van der Waals surface area contributed by atoms with Gasteiger partial charge in [-0.3, -0.25) is 0 Å². The van der Waals surface area contributed by atoms with Crippen LogP contribution in [-0.2, 0) is 0 Å². The van der Waals surface area contributed by atoms with Crippen LogP contribution in [0.1, 0.15) is 97.1 Å². The Kier molecular flexibility index (Phi) is 11.4. The lowest BCUT2D eigenvalue weighted by Gasteiger charge is -2.30. The van der Waals surface area contributed by atoms with Crippen molar-refractivity contribution in [3.63, 3.8) is 0 Å². The summed E-state index contributed by atoms with van der Waals surface area (Å²) in [6.45, 7) is 11.6. The molecule has 2 nitrogen and oxygen atoms in total. The molecule has 1 aromatic rings. The lowest BCUT2D eigenvalue weighted by Crippen LogP contribution is -2.34. The molecule has 0 aromatic carbocycles. The van der Waals surface area contributed by atoms with Gasteiger partial charge >= 0.3 is 0 Å². The predicted molar refractivity (Wildman–Crippen MR) is 131 cm³/mol. The molecule has 0 aliphatic heterocycles. The van der Waals surface area contributed by atoms with Crippen LogP contribution in [-0.4, -0.2) is 18.1 Å². The van der Waals surface area contributed by atoms with E-state index in [1.165, 1.54) is 62.2 Å². The van der Waals surface area contributed by atoms with Gasteiger partial charge in [0.1, 0.15) is 0 Å². The summed E-state index contributed by atoms with van der Waals surface area (Å²) in [7, 11) is 0. The number of nitrogens with zero attached hydrogens (tertiary/aromatic N) is 2. The fraction of sp³-hybridized carbons (Fsp3) is 0.720. The first-order chi connectivity index (χ1) is 14.1. The Bertz CT molecular complexity index is 619. The number of unbranched alkanes of at least 4 members (excludes halogenated alkanes) is 2. The third-order valence-electron chi connectivity index (χ3n) is 6.26. The lowest BCUT2D eigenvalue weighted by molar-refractivity contribution is 0.403. The second-order valence-electron chi connectivity index (χ2n) is 8.58. The van der Waals surface area contributed by atoms with Crippen molar-refractivity contribution in [1.29, 1.82) is 0 Å². The van der Waals surface area contributed by atoms with Gasteiger partial charge in [0, 0.05) is 29.4 Å². The zero-order valence-electron chi connectivity index (χ0n) is 19.0. The molecule has 0 saturated carbocycles. The summed E-state index contributed by atoms with van der Waals surface area (Å²) in [4.78, 5) is 7.74. The molecule has 1 aliphatic carbocycles. The van der Waals surface area contributed by atoms with E-state index < -0.39 is 0 Å². The molecule has 0 amide bonds. The minimum Gasteiger partial charge on any atom is -0.348 e. The fourth-order valence-electron chi connectivity index (χ4n) is 4.09. The number of rotatable bonds is 14. The van der Waals surface area contributed by atoms with Crippen molar-refractivity contribution in [2.24, 2.45) is 11.8 Å². The average molecular weight is 437 g/mol. The van der Waals surface area contributed by atoms with Crippen molar-refractivity contribution in [3.05, 3.63) is 34.3 Å². The molecule has 0 N–H and O–H groups in total. The van der Waals surface area contributed by atoms with E-state index in [1.54, 1.807) is 0 Å². The van der Waals surface area contributed by atoms with E-state index in [0.29, 0.717) is 5.92 Å². The summed E-state index contributed by atoms with van der Waals surface area (Å²) >= 11 is 7.94. The quantitative estimate of drug-likeness (QED) is 0.290. The molecule has 2 unspecified atom stereocenters. The van der Waals surface area contributed by atoms with Crippen molar-refractivity contribution in [2.75, 3.05) is 18.0 Å². The lowest BCUT2D eigenvalue weighted by atomic mass is 9.96. The molecular formula is C25H41ClN2S. The van der Waals surface area contributed by atoms with Gasteiger partial charge in [0.2, 0.25) is 0 Å². The SMILES string of the molecule is CCCCC(CC)CN(CC(CC)CCCC)c1nc([C@H]2C=CC(Cl)=CC2)cs1. The number of halogens is 1. The fourth-order valence-corrected chi connectivity index (χ4v) is 5.17. The van der Waals surface area contributed by atoms with Gasteiger partial charge in [0.15, 0.2) is 5.13 Å². The Balaban J connectivity index is 2.14. The van der Waals surface area contributed by atoms with Crippen molar-refractivity contribution >= 4 is 28.1 Å². The van der Waals surface area contributed by atoms with Crippen LogP contribution in [0.25, 0.3) is 0 Å². The topological polar surface area (TPSA) is 16.1 Å². The number of allylic oxidation sites excluding steroid dienone is 4. The van der Waals surface area contributed by atoms with E-state index in [9.17, 15) is 0 Å². The Labute approximate surface area is 188 Å². The Morgan fingerprint density at radius 1 is 1.07 bits per heavy atom. The number of thiazole rings is 1.